The zero-order chi connectivity index (χ0) is 23.1. The van der Waals surface area contributed by atoms with E-state index in [4.69, 9.17) is 16.3 Å². The van der Waals surface area contributed by atoms with Crippen molar-refractivity contribution >= 4 is 29.1 Å². The summed E-state index contributed by atoms with van der Waals surface area (Å²) < 4.78 is 5.27. The molecule has 0 saturated carbocycles. The van der Waals surface area contributed by atoms with Gasteiger partial charge in [0.1, 0.15) is 17.8 Å². The molecule has 166 valence electrons. The monoisotopic (exact) mass is 460 g/mol. The molecule has 0 N–H and O–H groups in total. The van der Waals surface area contributed by atoms with Crippen molar-refractivity contribution in [2.45, 2.75) is 24.0 Å². The Morgan fingerprint density at radius 3 is 2.39 bits per heavy atom. The first-order chi connectivity index (χ1) is 16.0. The highest BCUT2D eigenvalue weighted by Crippen LogP contribution is 2.47. The minimum atomic E-state index is -0.996. The number of methoxy groups -OCH3 is 1. The smallest absolute Gasteiger partial charge is 0.245 e. The number of Topliss-reactive ketones (excluding diaryl/α,β-unsaturated/α-hetero) is 1. The number of para-hydroxylation sites is 1. The molecule has 5 rings (SSSR count). The third kappa shape index (κ3) is 3.56. The van der Waals surface area contributed by atoms with Gasteiger partial charge >= 0.3 is 0 Å². The van der Waals surface area contributed by atoms with Gasteiger partial charge in [-0.15, -0.1) is 0 Å². The molecule has 7 heteroatoms. The van der Waals surface area contributed by atoms with Crippen LogP contribution in [0.5, 0.6) is 5.75 Å². The van der Waals surface area contributed by atoms with Crippen LogP contribution in [-0.4, -0.2) is 35.9 Å². The van der Waals surface area contributed by atoms with E-state index in [1.54, 1.807) is 43.5 Å². The van der Waals surface area contributed by atoms with Gasteiger partial charge in [-0.2, -0.15) is 0 Å². The molecule has 3 aromatic rings. The average Bonchev–Trinajstić information content (AvgIpc) is 3.20. The largest absolute Gasteiger partial charge is 0.497 e. The quantitative estimate of drug-likeness (QED) is 0.295. The molecule has 0 aromatic heterocycles. The van der Waals surface area contributed by atoms with Crippen molar-refractivity contribution in [2.24, 2.45) is 0 Å². The molecule has 33 heavy (non-hydrogen) atoms. The van der Waals surface area contributed by atoms with E-state index in [2.05, 4.69) is 0 Å². The maximum absolute atomic E-state index is 13.9. The lowest BCUT2D eigenvalue weighted by molar-refractivity contribution is -0.524. The highest BCUT2D eigenvalue weighted by atomic mass is 35.5. The fourth-order valence-corrected chi connectivity index (χ4v) is 5.17. The number of hydrogen-bond acceptors (Lipinski definition) is 5. The van der Waals surface area contributed by atoms with Crippen LogP contribution in [0, 0.1) is 10.1 Å². The van der Waals surface area contributed by atoms with Crippen LogP contribution in [0.4, 0.5) is 5.69 Å². The van der Waals surface area contributed by atoms with Gasteiger partial charge in [0.15, 0.2) is 5.78 Å². The number of hydrogen-bond donors (Lipinski definition) is 0. The summed E-state index contributed by atoms with van der Waals surface area (Å²) in [5.41, 5.74) is 2.95. The van der Waals surface area contributed by atoms with Crippen molar-refractivity contribution in [3.63, 3.8) is 0 Å². The van der Waals surface area contributed by atoms with Crippen molar-refractivity contribution in [1.82, 2.24) is 0 Å². The summed E-state index contributed by atoms with van der Waals surface area (Å²) in [6.45, 7) is 0. The van der Waals surface area contributed by atoms with Crippen LogP contribution < -0.4 is 9.64 Å². The van der Waals surface area contributed by atoms with Gasteiger partial charge in [0.25, 0.3) is 0 Å². The van der Waals surface area contributed by atoms with Crippen molar-refractivity contribution in [3.05, 3.63) is 111 Å². The lowest BCUT2D eigenvalue weighted by Crippen LogP contribution is -2.44. The third-order valence-electron chi connectivity index (χ3n) is 6.51. The molecule has 0 unspecified atom stereocenters. The van der Waals surface area contributed by atoms with E-state index in [0.29, 0.717) is 16.3 Å². The summed E-state index contributed by atoms with van der Waals surface area (Å²) in [4.78, 5) is 28.0. The number of benzene rings is 3. The van der Waals surface area contributed by atoms with E-state index in [0.717, 1.165) is 16.8 Å². The van der Waals surface area contributed by atoms with Crippen LogP contribution in [-0.2, 0) is 0 Å². The number of carbonyl (C=O) groups excluding carboxylic acids is 1. The molecule has 0 bridgehead atoms. The molecule has 0 amide bonds. The molecule has 2 heterocycles. The van der Waals surface area contributed by atoms with E-state index >= 15 is 0 Å². The standard InChI is InChI=1S/C26H21ClN2O4/c1-33-20-13-8-17(9-14-20)23-24(29(31)32)22-15-10-16-4-2-3-5-21(16)28(22)25(23)26(30)18-6-11-19(27)12-7-18/h2-15,22-25H,1H3/t22-,23+,24+,25-/m1/s1. The fourth-order valence-electron chi connectivity index (χ4n) is 5.04. The Morgan fingerprint density at radius 1 is 1.03 bits per heavy atom. The summed E-state index contributed by atoms with van der Waals surface area (Å²) in [7, 11) is 1.57. The molecule has 6 nitrogen and oxygen atoms in total. The molecule has 0 radical (unpaired) electrons. The average molecular weight is 461 g/mol. The molecular formula is C26H21ClN2O4. The van der Waals surface area contributed by atoms with Gasteiger partial charge in [0.05, 0.1) is 13.0 Å². The van der Waals surface area contributed by atoms with E-state index in [1.165, 1.54) is 0 Å². The maximum atomic E-state index is 13.9. The molecule has 2 aliphatic heterocycles. The summed E-state index contributed by atoms with van der Waals surface area (Å²) in [5, 5.41) is 12.9. The van der Waals surface area contributed by atoms with E-state index in [1.807, 2.05) is 53.5 Å². The van der Waals surface area contributed by atoms with Gasteiger partial charge in [-0.05, 0) is 53.6 Å². The Hall–Kier alpha value is -3.64. The van der Waals surface area contributed by atoms with Crippen molar-refractivity contribution in [2.75, 3.05) is 12.0 Å². The molecule has 3 aromatic carbocycles. The molecule has 4 atom stereocenters. The number of anilines is 1. The van der Waals surface area contributed by atoms with Crippen LogP contribution in [0.2, 0.25) is 5.02 Å². The van der Waals surface area contributed by atoms with Crippen LogP contribution in [0.1, 0.15) is 27.4 Å². The Morgan fingerprint density at radius 2 is 1.73 bits per heavy atom. The van der Waals surface area contributed by atoms with E-state index in [-0.39, 0.29) is 10.7 Å². The summed E-state index contributed by atoms with van der Waals surface area (Å²) in [5.74, 6) is -0.181. The molecule has 1 saturated heterocycles. The van der Waals surface area contributed by atoms with Crippen LogP contribution in [0.25, 0.3) is 6.08 Å². The van der Waals surface area contributed by atoms with Crippen LogP contribution in [0.3, 0.4) is 0 Å². The maximum Gasteiger partial charge on any atom is 0.245 e. The summed E-state index contributed by atoms with van der Waals surface area (Å²) in [6, 6.07) is 19.2. The topological polar surface area (TPSA) is 72.7 Å². The fraction of sp³-hybridized carbons (Fsp3) is 0.192. The second kappa shape index (κ2) is 8.37. The van der Waals surface area contributed by atoms with Crippen molar-refractivity contribution in [3.8, 4) is 5.75 Å². The molecule has 0 aliphatic carbocycles. The number of ether oxygens (including phenoxy) is 1. The summed E-state index contributed by atoms with van der Waals surface area (Å²) >= 11 is 6.04. The highest BCUT2D eigenvalue weighted by molar-refractivity contribution is 6.30. The van der Waals surface area contributed by atoms with E-state index < -0.39 is 24.0 Å². The Labute approximate surface area is 196 Å². The van der Waals surface area contributed by atoms with Crippen LogP contribution in [0.15, 0.2) is 78.9 Å². The molecular weight excluding hydrogens is 440 g/mol. The predicted octanol–water partition coefficient (Wildman–Crippen LogP) is 5.24. The number of fused-ring (bicyclic) bond motifs is 3. The Bertz CT molecular complexity index is 1240. The summed E-state index contributed by atoms with van der Waals surface area (Å²) in [6.07, 6.45) is 3.76. The second-order valence-corrected chi connectivity index (χ2v) is 8.64. The lowest BCUT2D eigenvalue weighted by Gasteiger charge is -2.34. The first-order valence-corrected chi connectivity index (χ1v) is 11.0. The number of carbonyl (C=O) groups is 1. The first-order valence-electron chi connectivity index (χ1n) is 10.6. The lowest BCUT2D eigenvalue weighted by atomic mass is 9.83. The molecule has 0 spiro atoms. The van der Waals surface area contributed by atoms with Crippen molar-refractivity contribution < 1.29 is 14.5 Å². The van der Waals surface area contributed by atoms with Gasteiger partial charge < -0.3 is 9.64 Å². The minimum Gasteiger partial charge on any atom is -0.497 e. The Kier molecular flexibility index (Phi) is 5.38. The second-order valence-electron chi connectivity index (χ2n) is 8.21. The highest BCUT2D eigenvalue weighted by Gasteiger charge is 2.58. The first kappa shape index (κ1) is 21.2. The van der Waals surface area contributed by atoms with Crippen LogP contribution >= 0.6 is 11.6 Å². The number of rotatable bonds is 5. The third-order valence-corrected chi connectivity index (χ3v) is 6.76. The number of nitrogens with zero attached hydrogens (tertiary/aromatic N) is 2. The van der Waals surface area contributed by atoms with Gasteiger partial charge in [-0.3, -0.25) is 14.9 Å². The van der Waals surface area contributed by atoms with Gasteiger partial charge in [-0.1, -0.05) is 54.1 Å². The molecule has 2 aliphatic rings. The zero-order valence-electron chi connectivity index (χ0n) is 17.8. The van der Waals surface area contributed by atoms with E-state index in [9.17, 15) is 14.9 Å². The predicted molar refractivity (Wildman–Crippen MR) is 128 cm³/mol. The van der Waals surface area contributed by atoms with Gasteiger partial charge in [0, 0.05) is 21.2 Å². The molecule has 1 fully saturated rings. The van der Waals surface area contributed by atoms with Crippen molar-refractivity contribution in [1.29, 1.82) is 0 Å². The number of nitro groups is 1. The van der Waals surface area contributed by atoms with Gasteiger partial charge in [0.2, 0.25) is 6.04 Å². The number of ketones is 1. The SMILES string of the molecule is COc1ccc([C@H]2[C@@H]([N+](=O)[O-])[C@H]3C=Cc4ccccc4N3[C@H]2C(=O)c2ccc(Cl)cc2)cc1. The minimum absolute atomic E-state index is 0.174. The zero-order valence-corrected chi connectivity index (χ0v) is 18.6. The Balaban J connectivity index is 1.70. The van der Waals surface area contributed by atoms with Gasteiger partial charge in [-0.25, -0.2) is 0 Å². The normalized spacial score (nSPS) is 23.0. The number of halogens is 1.